The molecule has 0 aliphatic rings. The summed E-state index contributed by atoms with van der Waals surface area (Å²) < 4.78 is 77.9. The molecule has 0 amide bonds. The van der Waals surface area contributed by atoms with Crippen molar-refractivity contribution >= 4 is 5.69 Å². The third-order valence-electron chi connectivity index (χ3n) is 2.34. The molecule has 0 heterocycles. The molecule has 0 bridgehead atoms. The predicted molar refractivity (Wildman–Crippen MR) is 56.3 cm³/mol. The minimum Gasteiger partial charge on any atom is -0.399 e. The van der Waals surface area contributed by atoms with Crippen LogP contribution < -0.4 is 5.73 Å². The monoisotopic (exact) mass is 287 g/mol. The van der Waals surface area contributed by atoms with Gasteiger partial charge in [-0.15, -0.1) is 0 Å². The molecule has 1 unspecified atom stereocenters. The molecule has 1 atom stereocenters. The zero-order valence-corrected chi connectivity index (χ0v) is 9.72. The first-order valence-corrected chi connectivity index (χ1v) is 5.16. The largest absolute Gasteiger partial charge is 0.423 e. The fourth-order valence-corrected chi connectivity index (χ4v) is 1.39. The fraction of sp³-hybridized carbons (Fsp3) is 0.455. The van der Waals surface area contributed by atoms with Crippen molar-refractivity contribution in [3.05, 3.63) is 29.8 Å². The van der Waals surface area contributed by atoms with Crippen molar-refractivity contribution in [2.24, 2.45) is 0 Å². The van der Waals surface area contributed by atoms with Gasteiger partial charge in [0.05, 0.1) is 6.10 Å². The van der Waals surface area contributed by atoms with Gasteiger partial charge in [0.1, 0.15) is 0 Å². The zero-order chi connectivity index (χ0) is 14.8. The number of benzene rings is 1. The quantitative estimate of drug-likeness (QED) is 0.677. The number of ether oxygens (including phenoxy) is 1. The lowest BCUT2D eigenvalue weighted by molar-refractivity contribution is -0.330. The third-order valence-corrected chi connectivity index (χ3v) is 2.34. The van der Waals surface area contributed by atoms with E-state index < -0.39 is 24.6 Å². The summed E-state index contributed by atoms with van der Waals surface area (Å²) in [6.45, 7) is 1.11. The van der Waals surface area contributed by atoms with Gasteiger partial charge in [0.15, 0.2) is 0 Å². The Hall–Kier alpha value is -1.44. The highest BCUT2D eigenvalue weighted by molar-refractivity contribution is 5.39. The Balaban J connectivity index is 2.88. The predicted octanol–water partition coefficient (Wildman–Crippen LogP) is 3.84. The van der Waals surface area contributed by atoms with Gasteiger partial charge in [-0.3, -0.25) is 0 Å². The molecular formula is C11H11F6NO. The first-order valence-electron chi connectivity index (χ1n) is 5.16. The van der Waals surface area contributed by atoms with Crippen molar-refractivity contribution in [3.8, 4) is 0 Å². The van der Waals surface area contributed by atoms with Crippen LogP contribution in [0.15, 0.2) is 24.3 Å². The van der Waals surface area contributed by atoms with E-state index in [2.05, 4.69) is 4.74 Å². The van der Waals surface area contributed by atoms with Crippen LogP contribution in [0.4, 0.5) is 32.0 Å². The van der Waals surface area contributed by atoms with Gasteiger partial charge in [-0.2, -0.15) is 26.3 Å². The Bertz CT molecular complexity index is 397. The van der Waals surface area contributed by atoms with E-state index in [0.717, 1.165) is 6.92 Å². The van der Waals surface area contributed by atoms with Crippen LogP contribution in [-0.2, 0) is 4.74 Å². The van der Waals surface area contributed by atoms with Crippen molar-refractivity contribution in [2.75, 3.05) is 5.73 Å². The molecule has 2 N–H and O–H groups in total. The van der Waals surface area contributed by atoms with Crippen LogP contribution in [0.2, 0.25) is 0 Å². The maximum atomic E-state index is 12.3. The Morgan fingerprint density at radius 1 is 0.947 bits per heavy atom. The van der Waals surface area contributed by atoms with Crippen molar-refractivity contribution in [3.63, 3.8) is 0 Å². The maximum absolute atomic E-state index is 12.3. The van der Waals surface area contributed by atoms with Crippen LogP contribution in [0, 0.1) is 0 Å². The number of alkyl halides is 6. The maximum Gasteiger partial charge on any atom is 0.423 e. The molecule has 1 aromatic rings. The zero-order valence-electron chi connectivity index (χ0n) is 9.72. The van der Waals surface area contributed by atoms with E-state index in [1.807, 2.05) is 0 Å². The molecule has 19 heavy (non-hydrogen) atoms. The molecule has 1 rings (SSSR count). The molecule has 0 radical (unpaired) electrons. The number of anilines is 1. The highest BCUT2D eigenvalue weighted by Gasteiger charge is 2.58. The van der Waals surface area contributed by atoms with E-state index >= 15 is 0 Å². The molecule has 0 saturated heterocycles. The molecule has 8 heteroatoms. The van der Waals surface area contributed by atoms with E-state index in [9.17, 15) is 26.3 Å². The minimum atomic E-state index is -5.51. The summed E-state index contributed by atoms with van der Waals surface area (Å²) in [6.07, 6.45) is -16.2. The Labute approximate surface area is 105 Å². The number of nitrogens with two attached hydrogens (primary N) is 1. The van der Waals surface area contributed by atoms with Gasteiger partial charge < -0.3 is 10.5 Å². The van der Waals surface area contributed by atoms with E-state index in [1.54, 1.807) is 0 Å². The highest BCUT2D eigenvalue weighted by Crippen LogP contribution is 2.38. The van der Waals surface area contributed by atoms with Gasteiger partial charge in [0.25, 0.3) is 0 Å². The summed E-state index contributed by atoms with van der Waals surface area (Å²) in [6, 6.07) is 5.35. The van der Waals surface area contributed by atoms with Gasteiger partial charge in [0.2, 0.25) is 6.10 Å². The Morgan fingerprint density at radius 2 is 1.37 bits per heavy atom. The van der Waals surface area contributed by atoms with E-state index in [-0.39, 0.29) is 5.56 Å². The van der Waals surface area contributed by atoms with E-state index in [4.69, 9.17) is 5.73 Å². The van der Waals surface area contributed by atoms with Crippen LogP contribution in [0.5, 0.6) is 0 Å². The van der Waals surface area contributed by atoms with E-state index in [0.29, 0.717) is 5.69 Å². The number of hydrogen-bond acceptors (Lipinski definition) is 2. The molecule has 0 aliphatic heterocycles. The molecule has 0 aliphatic carbocycles. The van der Waals surface area contributed by atoms with Crippen LogP contribution in [0.1, 0.15) is 18.6 Å². The van der Waals surface area contributed by atoms with Gasteiger partial charge in [-0.25, -0.2) is 0 Å². The first-order chi connectivity index (χ1) is 8.51. The van der Waals surface area contributed by atoms with Crippen LogP contribution in [-0.4, -0.2) is 18.5 Å². The first kappa shape index (κ1) is 15.6. The third kappa shape index (κ3) is 4.30. The minimum absolute atomic E-state index is 0.174. The number of halogens is 6. The normalized spacial score (nSPS) is 14.7. The molecule has 0 aromatic heterocycles. The topological polar surface area (TPSA) is 35.2 Å². The average molecular weight is 287 g/mol. The van der Waals surface area contributed by atoms with Crippen molar-refractivity contribution in [1.29, 1.82) is 0 Å². The number of rotatable bonds is 3. The lowest BCUT2D eigenvalue weighted by atomic mass is 10.1. The van der Waals surface area contributed by atoms with Gasteiger partial charge in [0, 0.05) is 5.69 Å². The van der Waals surface area contributed by atoms with E-state index in [1.165, 1.54) is 24.3 Å². The second-order valence-electron chi connectivity index (χ2n) is 3.91. The van der Waals surface area contributed by atoms with Gasteiger partial charge >= 0.3 is 12.4 Å². The lowest BCUT2D eigenvalue weighted by Gasteiger charge is -2.26. The highest BCUT2D eigenvalue weighted by atomic mass is 19.4. The number of hydrogen-bond donors (Lipinski definition) is 1. The standard InChI is InChI=1S/C11H11F6NO/c1-6(7-2-4-8(18)5-3-7)19-9(10(12,13)14)11(15,16)17/h2-6,9H,18H2,1H3. The smallest absolute Gasteiger partial charge is 0.399 e. The van der Waals surface area contributed by atoms with Crippen molar-refractivity contribution in [2.45, 2.75) is 31.5 Å². The van der Waals surface area contributed by atoms with Gasteiger partial charge in [-0.05, 0) is 24.6 Å². The average Bonchev–Trinajstić information content (AvgIpc) is 2.23. The molecule has 108 valence electrons. The summed E-state index contributed by atoms with van der Waals surface area (Å²) >= 11 is 0. The summed E-state index contributed by atoms with van der Waals surface area (Å²) in [5.41, 5.74) is 5.89. The fourth-order valence-electron chi connectivity index (χ4n) is 1.39. The molecule has 2 nitrogen and oxygen atoms in total. The molecule has 0 saturated carbocycles. The summed E-state index contributed by atoms with van der Waals surface area (Å²) in [4.78, 5) is 0. The molecule has 1 aromatic carbocycles. The van der Waals surface area contributed by atoms with Crippen molar-refractivity contribution < 1.29 is 31.1 Å². The summed E-state index contributed by atoms with van der Waals surface area (Å²) in [5, 5.41) is 0. The van der Waals surface area contributed by atoms with Crippen LogP contribution in [0.25, 0.3) is 0 Å². The second-order valence-corrected chi connectivity index (χ2v) is 3.91. The summed E-state index contributed by atoms with van der Waals surface area (Å²) in [7, 11) is 0. The van der Waals surface area contributed by atoms with Crippen molar-refractivity contribution in [1.82, 2.24) is 0 Å². The van der Waals surface area contributed by atoms with Gasteiger partial charge in [-0.1, -0.05) is 12.1 Å². The number of nitrogen functional groups attached to an aromatic ring is 1. The SMILES string of the molecule is CC(OC(C(F)(F)F)C(F)(F)F)c1ccc(N)cc1. The molecule has 0 fully saturated rings. The summed E-state index contributed by atoms with van der Waals surface area (Å²) in [5.74, 6) is 0. The Morgan fingerprint density at radius 3 is 1.74 bits per heavy atom. The Kier molecular flexibility index (Phi) is 4.34. The second kappa shape index (κ2) is 5.28. The molecular weight excluding hydrogens is 276 g/mol. The van der Waals surface area contributed by atoms with Crippen LogP contribution in [0.3, 0.4) is 0 Å². The molecule has 0 spiro atoms. The van der Waals surface area contributed by atoms with Crippen LogP contribution >= 0.6 is 0 Å². The lowest BCUT2D eigenvalue weighted by Crippen LogP contribution is -2.44.